The second-order valence-electron chi connectivity index (χ2n) is 2.66. The van der Waals surface area contributed by atoms with E-state index in [0.29, 0.717) is 0 Å². The van der Waals surface area contributed by atoms with Crippen LogP contribution >= 0.6 is 27.3 Å². The summed E-state index contributed by atoms with van der Waals surface area (Å²) in [5.74, 6) is 0. The van der Waals surface area contributed by atoms with Gasteiger partial charge in [-0.2, -0.15) is 4.57 Å². The predicted molar refractivity (Wildman–Crippen MR) is 55.6 cm³/mol. The molecule has 1 nitrogen and oxygen atoms in total. The zero-order valence-electron chi connectivity index (χ0n) is 6.75. The van der Waals surface area contributed by atoms with Crippen molar-refractivity contribution in [1.29, 1.82) is 0 Å². The van der Waals surface area contributed by atoms with Crippen molar-refractivity contribution in [3.63, 3.8) is 0 Å². The molecule has 62 valence electrons. The molecule has 0 saturated heterocycles. The van der Waals surface area contributed by atoms with Gasteiger partial charge in [0.25, 0.3) is 0 Å². The number of thiazole rings is 1. The van der Waals surface area contributed by atoms with Gasteiger partial charge in [0.15, 0.2) is 0 Å². The van der Waals surface area contributed by atoms with Crippen LogP contribution in [0.15, 0.2) is 24.3 Å². The summed E-state index contributed by atoms with van der Waals surface area (Å²) in [4.78, 5) is 0. The highest BCUT2D eigenvalue weighted by atomic mass is 79.9. The van der Waals surface area contributed by atoms with Crippen molar-refractivity contribution in [3.05, 3.63) is 29.3 Å². The lowest BCUT2D eigenvalue weighted by molar-refractivity contribution is -0.646. The summed E-state index contributed by atoms with van der Waals surface area (Å²) in [6, 6.07) is 8.47. The zero-order valence-corrected chi connectivity index (χ0v) is 9.15. The summed E-state index contributed by atoms with van der Waals surface area (Å²) in [5, 5.41) is 2.29. The van der Waals surface area contributed by atoms with Crippen LogP contribution in [0, 0.1) is 0 Å². The molecule has 0 spiro atoms. The van der Waals surface area contributed by atoms with E-state index in [1.807, 2.05) is 11.3 Å². The molecular weight excluding hydrogens is 234 g/mol. The normalized spacial score (nSPS) is 10.8. The Balaban J connectivity index is 2.78. The number of hydrogen-bond donors (Lipinski definition) is 0. The molecule has 0 saturated carbocycles. The summed E-state index contributed by atoms with van der Waals surface area (Å²) in [6.45, 7) is 0. The van der Waals surface area contributed by atoms with E-state index in [4.69, 9.17) is 0 Å². The van der Waals surface area contributed by atoms with Crippen molar-refractivity contribution in [3.8, 4) is 0 Å². The number of benzene rings is 1. The summed E-state index contributed by atoms with van der Waals surface area (Å²) in [7, 11) is 2.11. The Bertz CT molecular complexity index is 408. The molecule has 0 aliphatic rings. The average molecular weight is 243 g/mol. The molecule has 0 aliphatic carbocycles. The summed E-state index contributed by atoms with van der Waals surface area (Å²) in [5.41, 5.74) is 1.32. The first-order chi connectivity index (χ1) is 5.83. The van der Waals surface area contributed by atoms with Crippen LogP contribution in [-0.2, 0) is 12.4 Å². The first kappa shape index (κ1) is 8.20. The number of alkyl halides is 1. The van der Waals surface area contributed by atoms with Gasteiger partial charge >= 0.3 is 0 Å². The van der Waals surface area contributed by atoms with Gasteiger partial charge in [0.2, 0.25) is 10.5 Å². The molecule has 2 rings (SSSR count). The lowest BCUT2D eigenvalue weighted by atomic mass is 10.3. The van der Waals surface area contributed by atoms with E-state index >= 15 is 0 Å². The average Bonchev–Trinajstić information content (AvgIpc) is 2.44. The van der Waals surface area contributed by atoms with Gasteiger partial charge in [0.1, 0.15) is 11.7 Å². The van der Waals surface area contributed by atoms with Crippen molar-refractivity contribution < 1.29 is 4.57 Å². The van der Waals surface area contributed by atoms with Gasteiger partial charge in [-0.05, 0) is 6.07 Å². The summed E-state index contributed by atoms with van der Waals surface area (Å²) < 4.78 is 3.59. The van der Waals surface area contributed by atoms with Crippen LogP contribution in [0.4, 0.5) is 0 Å². The molecule has 1 aromatic carbocycles. The Hall–Kier alpha value is -0.410. The molecule has 0 amide bonds. The zero-order chi connectivity index (χ0) is 8.55. The van der Waals surface area contributed by atoms with Gasteiger partial charge in [-0.15, -0.1) is 0 Å². The van der Waals surface area contributed by atoms with Gasteiger partial charge < -0.3 is 0 Å². The minimum atomic E-state index is 0.933. The van der Waals surface area contributed by atoms with Gasteiger partial charge in [0, 0.05) is 6.07 Å². The van der Waals surface area contributed by atoms with E-state index in [0.717, 1.165) is 5.33 Å². The fourth-order valence-electron chi connectivity index (χ4n) is 1.27. The van der Waals surface area contributed by atoms with Gasteiger partial charge in [-0.25, -0.2) is 0 Å². The number of nitrogens with zero attached hydrogens (tertiary/aromatic N) is 1. The monoisotopic (exact) mass is 242 g/mol. The maximum atomic E-state index is 3.48. The Kier molecular flexibility index (Phi) is 2.15. The third-order valence-corrected chi connectivity index (χ3v) is 4.06. The maximum Gasteiger partial charge on any atom is 0.248 e. The number of para-hydroxylation sites is 1. The highest BCUT2D eigenvalue weighted by molar-refractivity contribution is 9.08. The second kappa shape index (κ2) is 3.15. The number of aromatic nitrogens is 1. The van der Waals surface area contributed by atoms with Crippen LogP contribution in [0.2, 0.25) is 0 Å². The molecule has 0 aliphatic heterocycles. The van der Waals surface area contributed by atoms with E-state index in [1.165, 1.54) is 15.2 Å². The number of fused-ring (bicyclic) bond motifs is 1. The summed E-state index contributed by atoms with van der Waals surface area (Å²) >= 11 is 5.32. The molecule has 0 fully saturated rings. The fraction of sp³-hybridized carbons (Fsp3) is 0.222. The van der Waals surface area contributed by atoms with Crippen LogP contribution in [0.3, 0.4) is 0 Å². The molecule has 3 heteroatoms. The van der Waals surface area contributed by atoms with Crippen LogP contribution < -0.4 is 4.57 Å². The maximum absolute atomic E-state index is 3.48. The van der Waals surface area contributed by atoms with Crippen molar-refractivity contribution in [1.82, 2.24) is 0 Å². The number of halogens is 1. The Morgan fingerprint density at radius 2 is 2.17 bits per heavy atom. The minimum absolute atomic E-state index is 0.933. The SMILES string of the molecule is C[n+]1c(CBr)sc2ccccc21. The number of aryl methyl sites for hydroxylation is 1. The van der Waals surface area contributed by atoms with E-state index in [2.05, 4.69) is 51.8 Å². The number of rotatable bonds is 1. The highest BCUT2D eigenvalue weighted by Gasteiger charge is 2.13. The first-order valence-electron chi connectivity index (χ1n) is 3.75. The van der Waals surface area contributed by atoms with Gasteiger partial charge in [0.05, 0.1) is 5.33 Å². The molecule has 0 unspecified atom stereocenters. The molecule has 2 aromatic rings. The molecular formula is C9H9BrNS+. The van der Waals surface area contributed by atoms with E-state index in [-0.39, 0.29) is 0 Å². The fourth-order valence-corrected chi connectivity index (χ4v) is 2.99. The minimum Gasteiger partial charge on any atom is -0.188 e. The van der Waals surface area contributed by atoms with Crippen LogP contribution in [0.25, 0.3) is 10.2 Å². The van der Waals surface area contributed by atoms with Gasteiger partial charge in [-0.1, -0.05) is 39.4 Å². The van der Waals surface area contributed by atoms with E-state index in [9.17, 15) is 0 Å². The second-order valence-corrected chi connectivity index (χ2v) is 4.33. The molecule has 1 heterocycles. The third-order valence-electron chi connectivity index (χ3n) is 1.94. The Labute approximate surface area is 83.8 Å². The van der Waals surface area contributed by atoms with Crippen LogP contribution in [0.5, 0.6) is 0 Å². The topological polar surface area (TPSA) is 3.88 Å². The van der Waals surface area contributed by atoms with Gasteiger partial charge in [-0.3, -0.25) is 0 Å². The lowest BCUT2D eigenvalue weighted by Crippen LogP contribution is -2.29. The van der Waals surface area contributed by atoms with Crippen molar-refractivity contribution in [2.75, 3.05) is 0 Å². The molecule has 12 heavy (non-hydrogen) atoms. The summed E-state index contributed by atoms with van der Waals surface area (Å²) in [6.07, 6.45) is 0. The largest absolute Gasteiger partial charge is 0.248 e. The first-order valence-corrected chi connectivity index (χ1v) is 5.69. The van der Waals surface area contributed by atoms with E-state index in [1.54, 1.807) is 0 Å². The third kappa shape index (κ3) is 1.17. The quantitative estimate of drug-likeness (QED) is 0.535. The smallest absolute Gasteiger partial charge is 0.188 e. The molecule has 0 radical (unpaired) electrons. The number of hydrogen-bond acceptors (Lipinski definition) is 1. The predicted octanol–water partition coefficient (Wildman–Crippen LogP) is 2.62. The van der Waals surface area contributed by atoms with Crippen LogP contribution in [0.1, 0.15) is 5.01 Å². The molecule has 0 atom stereocenters. The van der Waals surface area contributed by atoms with Crippen molar-refractivity contribution in [2.24, 2.45) is 7.05 Å². The van der Waals surface area contributed by atoms with E-state index < -0.39 is 0 Å². The Morgan fingerprint density at radius 3 is 2.83 bits per heavy atom. The standard InChI is InChI=1S/C9H9BrNS/c1-11-7-4-2-3-5-8(7)12-9(11)6-10/h2-5H,6H2,1H3/q+1. The molecule has 0 bridgehead atoms. The van der Waals surface area contributed by atoms with Crippen molar-refractivity contribution in [2.45, 2.75) is 5.33 Å². The lowest BCUT2D eigenvalue weighted by Gasteiger charge is -1.84. The van der Waals surface area contributed by atoms with Crippen molar-refractivity contribution >= 4 is 37.5 Å². The van der Waals surface area contributed by atoms with Crippen LogP contribution in [-0.4, -0.2) is 0 Å². The molecule has 0 N–H and O–H groups in total. The molecule has 1 aromatic heterocycles. The Morgan fingerprint density at radius 1 is 1.42 bits per heavy atom. The highest BCUT2D eigenvalue weighted by Crippen LogP contribution is 2.20.